The van der Waals surface area contributed by atoms with E-state index in [2.05, 4.69) is 5.32 Å². The maximum Gasteiger partial charge on any atom is 0.244 e. The average molecular weight is 562 g/mol. The monoisotopic (exact) mass is 561 g/mol. The van der Waals surface area contributed by atoms with Crippen LogP contribution in [0.1, 0.15) is 48.8 Å². The predicted octanol–water partition coefficient (Wildman–Crippen LogP) is 4.85. The summed E-state index contributed by atoms with van der Waals surface area (Å²) >= 11 is 0. The minimum Gasteiger partial charge on any atom is -0.352 e. The predicted molar refractivity (Wildman–Crippen MR) is 159 cm³/mol. The van der Waals surface area contributed by atoms with E-state index in [1.807, 2.05) is 61.5 Å². The van der Waals surface area contributed by atoms with Gasteiger partial charge in [-0.3, -0.25) is 13.9 Å². The highest BCUT2D eigenvalue weighted by Gasteiger charge is 2.34. The number of nitrogens with one attached hydrogen (secondary N) is 1. The SMILES string of the molecule is Cc1ccc(CN(C(=O)CN(c2ccccc2)S(C)(=O)=O)[C@@H](Cc2ccccc2)C(=O)NC2CCCCC2)cc1. The number of amides is 2. The number of rotatable bonds is 11. The maximum atomic E-state index is 14.1. The molecule has 7 nitrogen and oxygen atoms in total. The summed E-state index contributed by atoms with van der Waals surface area (Å²) in [5.74, 6) is -0.642. The Hall–Kier alpha value is -3.65. The molecule has 0 radical (unpaired) electrons. The fourth-order valence-electron chi connectivity index (χ4n) is 5.20. The molecule has 0 bridgehead atoms. The van der Waals surface area contributed by atoms with Crippen molar-refractivity contribution in [1.82, 2.24) is 10.2 Å². The minimum atomic E-state index is -3.77. The fraction of sp³-hybridized carbons (Fsp3) is 0.375. The lowest BCUT2D eigenvalue weighted by Crippen LogP contribution is -2.55. The molecule has 40 heavy (non-hydrogen) atoms. The minimum absolute atomic E-state index is 0.0766. The number of carbonyl (C=O) groups excluding carboxylic acids is 2. The second-order valence-corrected chi connectivity index (χ2v) is 12.6. The Balaban J connectivity index is 1.70. The summed E-state index contributed by atoms with van der Waals surface area (Å²) in [6, 6.07) is 25.3. The van der Waals surface area contributed by atoms with Crippen LogP contribution in [0.15, 0.2) is 84.9 Å². The Morgan fingerprint density at radius 2 is 1.45 bits per heavy atom. The highest BCUT2D eigenvalue weighted by molar-refractivity contribution is 7.92. The molecule has 8 heteroatoms. The van der Waals surface area contributed by atoms with E-state index >= 15 is 0 Å². The topological polar surface area (TPSA) is 86.8 Å². The van der Waals surface area contributed by atoms with Crippen LogP contribution in [0.4, 0.5) is 5.69 Å². The molecule has 0 aromatic heterocycles. The summed E-state index contributed by atoms with van der Waals surface area (Å²) in [5.41, 5.74) is 3.29. The first-order valence-electron chi connectivity index (χ1n) is 13.9. The molecule has 1 fully saturated rings. The third-order valence-corrected chi connectivity index (χ3v) is 8.56. The second kappa shape index (κ2) is 13.6. The van der Waals surface area contributed by atoms with Crippen LogP contribution >= 0.6 is 0 Å². The van der Waals surface area contributed by atoms with Crippen LogP contribution in [0.2, 0.25) is 0 Å². The van der Waals surface area contributed by atoms with E-state index in [0.717, 1.165) is 52.9 Å². The van der Waals surface area contributed by atoms with Gasteiger partial charge in [-0.1, -0.05) is 97.6 Å². The van der Waals surface area contributed by atoms with E-state index in [9.17, 15) is 18.0 Å². The van der Waals surface area contributed by atoms with E-state index < -0.39 is 28.5 Å². The van der Waals surface area contributed by atoms with Crippen LogP contribution in [0, 0.1) is 6.92 Å². The summed E-state index contributed by atoms with van der Waals surface area (Å²) in [6.45, 7) is 1.77. The van der Waals surface area contributed by atoms with Gasteiger partial charge < -0.3 is 10.2 Å². The number of hydrogen-bond acceptors (Lipinski definition) is 4. The number of anilines is 1. The zero-order chi connectivity index (χ0) is 28.5. The van der Waals surface area contributed by atoms with E-state index in [-0.39, 0.29) is 18.5 Å². The molecule has 1 N–H and O–H groups in total. The van der Waals surface area contributed by atoms with Crippen molar-refractivity contribution in [2.45, 2.75) is 64.1 Å². The molecule has 0 unspecified atom stereocenters. The summed E-state index contributed by atoms with van der Waals surface area (Å²) in [6.07, 6.45) is 6.56. The summed E-state index contributed by atoms with van der Waals surface area (Å²) in [4.78, 5) is 29.6. The van der Waals surface area contributed by atoms with E-state index in [1.165, 1.54) is 6.42 Å². The largest absolute Gasteiger partial charge is 0.352 e. The fourth-order valence-corrected chi connectivity index (χ4v) is 6.05. The van der Waals surface area contributed by atoms with Gasteiger partial charge in [0.1, 0.15) is 12.6 Å². The van der Waals surface area contributed by atoms with Crippen LogP contribution in [0.25, 0.3) is 0 Å². The van der Waals surface area contributed by atoms with Crippen LogP contribution in [0.3, 0.4) is 0 Å². The number of nitrogens with zero attached hydrogens (tertiary/aromatic N) is 2. The molecular formula is C32H39N3O4S. The number of sulfonamides is 1. The number of para-hydroxylation sites is 1. The first-order chi connectivity index (χ1) is 19.2. The number of hydrogen-bond donors (Lipinski definition) is 1. The van der Waals surface area contributed by atoms with Crippen molar-refractivity contribution in [3.63, 3.8) is 0 Å². The van der Waals surface area contributed by atoms with Crippen molar-refractivity contribution in [3.05, 3.63) is 102 Å². The maximum absolute atomic E-state index is 14.1. The van der Waals surface area contributed by atoms with Gasteiger partial charge in [0.25, 0.3) is 0 Å². The van der Waals surface area contributed by atoms with Crippen molar-refractivity contribution in [2.24, 2.45) is 0 Å². The Labute approximate surface area is 238 Å². The molecule has 0 heterocycles. The number of carbonyl (C=O) groups is 2. The Bertz CT molecular complexity index is 1360. The molecule has 212 valence electrons. The highest BCUT2D eigenvalue weighted by Crippen LogP contribution is 2.22. The van der Waals surface area contributed by atoms with Crippen molar-refractivity contribution in [2.75, 3.05) is 17.1 Å². The van der Waals surface area contributed by atoms with Crippen LogP contribution < -0.4 is 9.62 Å². The van der Waals surface area contributed by atoms with Gasteiger partial charge in [0.05, 0.1) is 11.9 Å². The van der Waals surface area contributed by atoms with Crippen molar-refractivity contribution in [1.29, 1.82) is 0 Å². The smallest absolute Gasteiger partial charge is 0.244 e. The van der Waals surface area contributed by atoms with Gasteiger partial charge in [-0.25, -0.2) is 8.42 Å². The summed E-state index contributed by atoms with van der Waals surface area (Å²) < 4.78 is 26.7. The summed E-state index contributed by atoms with van der Waals surface area (Å²) in [5, 5.41) is 3.22. The molecule has 1 atom stereocenters. The second-order valence-electron chi connectivity index (χ2n) is 10.7. The first-order valence-corrected chi connectivity index (χ1v) is 15.8. The Morgan fingerprint density at radius 3 is 2.05 bits per heavy atom. The van der Waals surface area contributed by atoms with Gasteiger partial charge >= 0.3 is 0 Å². The molecule has 4 rings (SSSR count). The molecule has 1 aliphatic rings. The zero-order valence-electron chi connectivity index (χ0n) is 23.3. The molecular weight excluding hydrogens is 522 g/mol. The van der Waals surface area contributed by atoms with Gasteiger partial charge in [0, 0.05) is 19.0 Å². The first kappa shape index (κ1) is 29.3. The molecule has 1 saturated carbocycles. The van der Waals surface area contributed by atoms with Crippen molar-refractivity contribution < 1.29 is 18.0 Å². The van der Waals surface area contributed by atoms with Gasteiger partial charge in [-0.05, 0) is 43.0 Å². The molecule has 0 aliphatic heterocycles. The Morgan fingerprint density at radius 1 is 0.850 bits per heavy atom. The lowest BCUT2D eigenvalue weighted by Gasteiger charge is -2.35. The zero-order valence-corrected chi connectivity index (χ0v) is 24.1. The van der Waals surface area contributed by atoms with Gasteiger partial charge in [0.2, 0.25) is 21.8 Å². The normalized spacial score (nSPS) is 14.8. The lowest BCUT2D eigenvalue weighted by molar-refractivity contribution is -0.140. The molecule has 0 saturated heterocycles. The van der Waals surface area contributed by atoms with Crippen molar-refractivity contribution >= 4 is 27.5 Å². The highest BCUT2D eigenvalue weighted by atomic mass is 32.2. The van der Waals surface area contributed by atoms with Crippen LogP contribution in [-0.4, -0.2) is 50.0 Å². The lowest BCUT2D eigenvalue weighted by atomic mass is 9.94. The Kier molecular flexibility index (Phi) is 9.98. The third-order valence-electron chi connectivity index (χ3n) is 7.42. The van der Waals surface area contributed by atoms with E-state index in [4.69, 9.17) is 0 Å². The average Bonchev–Trinajstić information content (AvgIpc) is 2.95. The number of benzene rings is 3. The molecule has 3 aromatic rings. The third kappa shape index (κ3) is 8.18. The van der Waals surface area contributed by atoms with Gasteiger partial charge in [-0.2, -0.15) is 0 Å². The number of aryl methyl sites for hydroxylation is 1. The molecule has 0 spiro atoms. The summed E-state index contributed by atoms with van der Waals surface area (Å²) in [7, 11) is -3.77. The van der Waals surface area contributed by atoms with E-state index in [0.29, 0.717) is 12.1 Å². The van der Waals surface area contributed by atoms with Crippen molar-refractivity contribution in [3.8, 4) is 0 Å². The van der Waals surface area contributed by atoms with Crippen LogP contribution in [-0.2, 0) is 32.6 Å². The molecule has 3 aromatic carbocycles. The van der Waals surface area contributed by atoms with Gasteiger partial charge in [0.15, 0.2) is 0 Å². The van der Waals surface area contributed by atoms with Crippen LogP contribution in [0.5, 0.6) is 0 Å². The quantitative estimate of drug-likeness (QED) is 0.363. The molecule has 1 aliphatic carbocycles. The standard InChI is InChI=1S/C32H39N3O4S/c1-25-18-20-27(21-19-25)23-34(31(36)24-35(40(2,38)39)29-16-10-5-11-17-29)30(22-26-12-6-3-7-13-26)32(37)33-28-14-8-4-9-15-28/h3,5-7,10-13,16-21,28,30H,4,8-9,14-15,22-24H2,1-2H3,(H,33,37)/t30-/m0/s1. The van der Waals surface area contributed by atoms with Gasteiger partial charge in [-0.15, -0.1) is 0 Å². The van der Waals surface area contributed by atoms with E-state index in [1.54, 1.807) is 35.2 Å². The molecule has 2 amide bonds.